The molecule has 0 aromatic rings. The van der Waals surface area contributed by atoms with Crippen LogP contribution in [-0.4, -0.2) is 59.9 Å². The van der Waals surface area contributed by atoms with Gasteiger partial charge in [-0.3, -0.25) is 0 Å². The number of nitrogens with one attached hydrogen (secondary N) is 1. The Bertz CT molecular complexity index is 240. The highest BCUT2D eigenvalue weighted by atomic mass is 32.2. The highest BCUT2D eigenvalue weighted by Crippen LogP contribution is 1.90. The molecule has 15 heavy (non-hydrogen) atoms. The summed E-state index contributed by atoms with van der Waals surface area (Å²) in [6.45, 7) is 3.21. The first kappa shape index (κ1) is 14.8. The van der Waals surface area contributed by atoms with E-state index < -0.39 is 9.84 Å². The Labute approximate surface area is 92.1 Å². The number of methoxy groups -OCH3 is 2. The minimum Gasteiger partial charge on any atom is -0.382 e. The minimum absolute atomic E-state index is 0.0284. The van der Waals surface area contributed by atoms with Crippen LogP contribution in [0.15, 0.2) is 0 Å². The van der Waals surface area contributed by atoms with Crippen LogP contribution in [0, 0.1) is 0 Å². The van der Waals surface area contributed by atoms with Crippen LogP contribution in [0.25, 0.3) is 0 Å². The fourth-order valence-corrected chi connectivity index (χ4v) is 1.78. The van der Waals surface area contributed by atoms with Crippen molar-refractivity contribution in [3.63, 3.8) is 0 Å². The van der Waals surface area contributed by atoms with Gasteiger partial charge in [0.2, 0.25) is 0 Å². The number of rotatable bonds is 9. The zero-order valence-corrected chi connectivity index (χ0v) is 10.5. The first-order valence-electron chi connectivity index (χ1n) is 4.98. The summed E-state index contributed by atoms with van der Waals surface area (Å²) in [7, 11) is 0.339. The highest BCUT2D eigenvalue weighted by molar-refractivity contribution is 7.91. The molecule has 1 unspecified atom stereocenters. The third-order valence-electron chi connectivity index (χ3n) is 2.09. The largest absolute Gasteiger partial charge is 0.382 e. The number of hydrogen-bond acceptors (Lipinski definition) is 5. The zero-order chi connectivity index (χ0) is 11.7. The Balaban J connectivity index is 3.61. The molecule has 0 aromatic carbocycles. The summed E-state index contributed by atoms with van der Waals surface area (Å²) in [5, 5.41) is 3.03. The number of ether oxygens (including phenoxy) is 2. The van der Waals surface area contributed by atoms with Gasteiger partial charge >= 0.3 is 0 Å². The molecule has 5 nitrogen and oxygen atoms in total. The van der Waals surface area contributed by atoms with E-state index in [0.717, 1.165) is 0 Å². The molecular formula is C9H21NO4S. The van der Waals surface area contributed by atoms with Gasteiger partial charge in [-0.1, -0.05) is 6.92 Å². The van der Waals surface area contributed by atoms with Crippen molar-refractivity contribution in [3.05, 3.63) is 0 Å². The maximum absolute atomic E-state index is 11.1. The molecule has 92 valence electrons. The highest BCUT2D eigenvalue weighted by Gasteiger charge is 2.08. The average Bonchev–Trinajstić information content (AvgIpc) is 2.22. The number of sulfone groups is 1. The van der Waals surface area contributed by atoms with Crippen LogP contribution >= 0.6 is 0 Å². The summed E-state index contributed by atoms with van der Waals surface area (Å²) in [6.07, 6.45) is -0.0284. The van der Waals surface area contributed by atoms with Crippen molar-refractivity contribution in [1.82, 2.24) is 5.32 Å². The zero-order valence-electron chi connectivity index (χ0n) is 9.65. The normalized spacial score (nSPS) is 14.1. The Hall–Kier alpha value is -0.170. The van der Waals surface area contributed by atoms with Crippen molar-refractivity contribution >= 4 is 9.84 Å². The predicted octanol–water partition coefficient (Wildman–Crippen LogP) is -0.328. The summed E-state index contributed by atoms with van der Waals surface area (Å²) < 4.78 is 32.3. The lowest BCUT2D eigenvalue weighted by atomic mass is 10.4. The van der Waals surface area contributed by atoms with E-state index >= 15 is 0 Å². The van der Waals surface area contributed by atoms with Gasteiger partial charge in [0.05, 0.1) is 18.5 Å². The van der Waals surface area contributed by atoms with Gasteiger partial charge in [-0.25, -0.2) is 8.42 Å². The van der Waals surface area contributed by atoms with Crippen molar-refractivity contribution in [3.8, 4) is 0 Å². The molecule has 0 bridgehead atoms. The molecule has 0 aromatic heterocycles. The molecule has 0 radical (unpaired) electrons. The predicted molar refractivity (Wildman–Crippen MR) is 59.9 cm³/mol. The van der Waals surface area contributed by atoms with Crippen LogP contribution in [0.4, 0.5) is 0 Å². The molecule has 1 atom stereocenters. The Morgan fingerprint density at radius 2 is 2.00 bits per heavy atom. The van der Waals surface area contributed by atoms with Crippen molar-refractivity contribution in [2.45, 2.75) is 13.0 Å². The van der Waals surface area contributed by atoms with Crippen LogP contribution < -0.4 is 5.32 Å². The standard InChI is InChI=1S/C9H21NO4S/c1-4-15(11,12)6-5-10-7-9(14-3)8-13-2/h9-10H,4-8H2,1-3H3. The Morgan fingerprint density at radius 3 is 2.47 bits per heavy atom. The second-order valence-electron chi connectivity index (χ2n) is 3.25. The van der Waals surface area contributed by atoms with E-state index in [1.807, 2.05) is 0 Å². The fraction of sp³-hybridized carbons (Fsp3) is 1.00. The van der Waals surface area contributed by atoms with Crippen molar-refractivity contribution in [1.29, 1.82) is 0 Å². The topological polar surface area (TPSA) is 64.6 Å². The molecule has 0 fully saturated rings. The van der Waals surface area contributed by atoms with Gasteiger partial charge in [0.25, 0.3) is 0 Å². The van der Waals surface area contributed by atoms with E-state index in [2.05, 4.69) is 5.32 Å². The molecule has 0 spiro atoms. The lowest BCUT2D eigenvalue weighted by molar-refractivity contribution is 0.0293. The first-order valence-corrected chi connectivity index (χ1v) is 6.80. The van der Waals surface area contributed by atoms with Gasteiger partial charge in [0, 0.05) is 33.1 Å². The van der Waals surface area contributed by atoms with Gasteiger partial charge in [-0.15, -0.1) is 0 Å². The summed E-state index contributed by atoms with van der Waals surface area (Å²) in [6, 6.07) is 0. The summed E-state index contributed by atoms with van der Waals surface area (Å²) in [4.78, 5) is 0. The molecule has 0 amide bonds. The maximum atomic E-state index is 11.1. The molecule has 6 heteroatoms. The van der Waals surface area contributed by atoms with Crippen LogP contribution in [0.3, 0.4) is 0 Å². The third kappa shape index (κ3) is 7.72. The number of hydrogen-bond donors (Lipinski definition) is 1. The van der Waals surface area contributed by atoms with E-state index in [0.29, 0.717) is 19.7 Å². The average molecular weight is 239 g/mol. The monoisotopic (exact) mass is 239 g/mol. The lowest BCUT2D eigenvalue weighted by Crippen LogP contribution is -2.34. The molecule has 0 aliphatic heterocycles. The molecule has 1 N–H and O–H groups in total. The van der Waals surface area contributed by atoms with Gasteiger partial charge in [-0.05, 0) is 0 Å². The Kier molecular flexibility index (Phi) is 7.95. The SMILES string of the molecule is CCS(=O)(=O)CCNCC(COC)OC. The summed E-state index contributed by atoms with van der Waals surface area (Å²) in [5.74, 6) is 0.368. The molecule has 0 aliphatic rings. The molecule has 0 heterocycles. The summed E-state index contributed by atoms with van der Waals surface area (Å²) in [5.41, 5.74) is 0. The Morgan fingerprint density at radius 1 is 1.33 bits per heavy atom. The van der Waals surface area contributed by atoms with E-state index in [1.165, 1.54) is 0 Å². The van der Waals surface area contributed by atoms with Gasteiger partial charge < -0.3 is 14.8 Å². The van der Waals surface area contributed by atoms with E-state index in [9.17, 15) is 8.42 Å². The third-order valence-corrected chi connectivity index (χ3v) is 3.79. The van der Waals surface area contributed by atoms with Crippen molar-refractivity contribution < 1.29 is 17.9 Å². The van der Waals surface area contributed by atoms with Crippen LogP contribution in [0.5, 0.6) is 0 Å². The molecule has 0 saturated heterocycles. The van der Waals surface area contributed by atoms with Gasteiger partial charge in [0.15, 0.2) is 9.84 Å². The molecular weight excluding hydrogens is 218 g/mol. The molecule has 0 aliphatic carbocycles. The smallest absolute Gasteiger partial charge is 0.151 e. The van der Waals surface area contributed by atoms with Crippen molar-refractivity contribution in [2.24, 2.45) is 0 Å². The van der Waals surface area contributed by atoms with Gasteiger partial charge in [-0.2, -0.15) is 0 Å². The fourth-order valence-electron chi connectivity index (χ4n) is 1.03. The maximum Gasteiger partial charge on any atom is 0.151 e. The van der Waals surface area contributed by atoms with Gasteiger partial charge in [0.1, 0.15) is 0 Å². The molecule has 0 saturated carbocycles. The molecule has 0 rings (SSSR count). The van der Waals surface area contributed by atoms with E-state index in [1.54, 1.807) is 21.1 Å². The van der Waals surface area contributed by atoms with E-state index in [-0.39, 0.29) is 17.6 Å². The lowest BCUT2D eigenvalue weighted by Gasteiger charge is -2.14. The van der Waals surface area contributed by atoms with Crippen LogP contribution in [0.2, 0.25) is 0 Å². The van der Waals surface area contributed by atoms with E-state index in [4.69, 9.17) is 9.47 Å². The second-order valence-corrected chi connectivity index (χ2v) is 5.73. The second kappa shape index (κ2) is 8.04. The van der Waals surface area contributed by atoms with Crippen LogP contribution in [0.1, 0.15) is 6.92 Å². The quantitative estimate of drug-likeness (QED) is 0.558. The first-order chi connectivity index (χ1) is 7.05. The van der Waals surface area contributed by atoms with Crippen molar-refractivity contribution in [2.75, 3.05) is 45.4 Å². The minimum atomic E-state index is -2.87. The summed E-state index contributed by atoms with van der Waals surface area (Å²) >= 11 is 0. The van der Waals surface area contributed by atoms with Crippen LogP contribution in [-0.2, 0) is 19.3 Å².